The second kappa shape index (κ2) is 9.12. The van der Waals surface area contributed by atoms with Crippen molar-refractivity contribution in [3.05, 3.63) is 84.2 Å². The first-order chi connectivity index (χ1) is 16.4. The number of aromatic nitrogens is 2. The van der Waals surface area contributed by atoms with Crippen molar-refractivity contribution in [2.75, 3.05) is 35.8 Å². The predicted octanol–water partition coefficient (Wildman–Crippen LogP) is 4.00. The van der Waals surface area contributed by atoms with E-state index >= 15 is 0 Å². The van der Waals surface area contributed by atoms with Gasteiger partial charge in [0.05, 0.1) is 33.8 Å². The summed E-state index contributed by atoms with van der Waals surface area (Å²) < 4.78 is 30.9. The first-order valence-electron chi connectivity index (χ1n) is 11.5. The number of sulfonamides is 1. The fraction of sp³-hybridized carbons (Fsp3) is 0.269. The lowest BCUT2D eigenvalue weighted by Crippen LogP contribution is -2.46. The Morgan fingerprint density at radius 1 is 0.882 bits per heavy atom. The van der Waals surface area contributed by atoms with Crippen LogP contribution in [0.1, 0.15) is 11.4 Å². The summed E-state index contributed by atoms with van der Waals surface area (Å²) in [5.74, 6) is 1.06. The Hall–Kier alpha value is -3.36. The second-order valence-electron chi connectivity index (χ2n) is 8.77. The molecule has 0 aliphatic carbocycles. The van der Waals surface area contributed by atoms with Crippen LogP contribution >= 0.6 is 0 Å². The minimum absolute atomic E-state index is 0.264. The second-order valence-corrected chi connectivity index (χ2v) is 10.5. The number of imidazole rings is 1. The monoisotopic (exact) mass is 475 g/mol. The number of anilines is 2. The minimum Gasteiger partial charge on any atom is -0.367 e. The van der Waals surface area contributed by atoms with Crippen LogP contribution in [0.15, 0.2) is 77.7 Å². The van der Waals surface area contributed by atoms with E-state index in [0.29, 0.717) is 5.69 Å². The maximum atomic E-state index is 13.0. The lowest BCUT2D eigenvalue weighted by atomic mass is 10.2. The number of hydrogen-bond donors (Lipinski definition) is 1. The van der Waals surface area contributed by atoms with Crippen molar-refractivity contribution in [1.29, 1.82) is 0 Å². The minimum atomic E-state index is -3.66. The molecule has 34 heavy (non-hydrogen) atoms. The Balaban J connectivity index is 1.28. The van der Waals surface area contributed by atoms with Crippen molar-refractivity contribution in [1.82, 2.24) is 14.5 Å². The summed E-state index contributed by atoms with van der Waals surface area (Å²) in [6.07, 6.45) is 0. The van der Waals surface area contributed by atoms with Gasteiger partial charge >= 0.3 is 0 Å². The molecule has 5 rings (SSSR count). The molecule has 0 spiro atoms. The number of nitrogens with one attached hydrogen (secondary N) is 1. The highest BCUT2D eigenvalue weighted by Crippen LogP contribution is 2.29. The molecule has 8 heteroatoms. The van der Waals surface area contributed by atoms with E-state index in [1.165, 1.54) is 0 Å². The van der Waals surface area contributed by atoms with Crippen LogP contribution in [0, 0.1) is 6.92 Å². The first-order valence-corrected chi connectivity index (χ1v) is 13.0. The third kappa shape index (κ3) is 4.51. The van der Waals surface area contributed by atoms with Crippen LogP contribution in [0.5, 0.6) is 0 Å². The molecule has 176 valence electrons. The van der Waals surface area contributed by atoms with Crippen LogP contribution < -0.4 is 9.62 Å². The Bertz CT molecular complexity index is 1400. The average Bonchev–Trinajstić information content (AvgIpc) is 3.15. The Kier molecular flexibility index (Phi) is 6.02. The lowest BCUT2D eigenvalue weighted by Gasteiger charge is -2.36. The van der Waals surface area contributed by atoms with E-state index in [1.807, 2.05) is 61.5 Å². The van der Waals surface area contributed by atoms with Crippen molar-refractivity contribution >= 4 is 32.4 Å². The Morgan fingerprint density at radius 3 is 2.29 bits per heavy atom. The molecule has 4 aromatic rings. The van der Waals surface area contributed by atoms with Gasteiger partial charge in [-0.2, -0.15) is 0 Å². The Morgan fingerprint density at radius 2 is 1.56 bits per heavy atom. The summed E-state index contributed by atoms with van der Waals surface area (Å²) in [5.41, 5.74) is 4.70. The molecule has 3 aromatic carbocycles. The van der Waals surface area contributed by atoms with Crippen LogP contribution in [0.4, 0.5) is 11.4 Å². The van der Waals surface area contributed by atoms with Crippen LogP contribution in [0.2, 0.25) is 0 Å². The molecule has 0 atom stereocenters. The molecule has 1 aliphatic heterocycles. The van der Waals surface area contributed by atoms with E-state index < -0.39 is 10.0 Å². The largest absolute Gasteiger partial charge is 0.367 e. The van der Waals surface area contributed by atoms with Gasteiger partial charge in [-0.1, -0.05) is 42.0 Å². The van der Waals surface area contributed by atoms with Crippen LogP contribution in [0.3, 0.4) is 0 Å². The van der Waals surface area contributed by atoms with Crippen molar-refractivity contribution in [2.45, 2.75) is 18.4 Å². The highest BCUT2D eigenvalue weighted by Gasteiger charge is 2.23. The van der Waals surface area contributed by atoms with Gasteiger partial charge in [-0.3, -0.25) is 9.62 Å². The van der Waals surface area contributed by atoms with Gasteiger partial charge in [0.2, 0.25) is 0 Å². The molecule has 2 heterocycles. The number of fused-ring (bicyclic) bond motifs is 1. The fourth-order valence-electron chi connectivity index (χ4n) is 4.44. The highest BCUT2D eigenvalue weighted by molar-refractivity contribution is 7.92. The van der Waals surface area contributed by atoms with Gasteiger partial charge in [0.15, 0.2) is 0 Å². The predicted molar refractivity (Wildman–Crippen MR) is 137 cm³/mol. The number of piperazine rings is 1. The van der Waals surface area contributed by atoms with Gasteiger partial charge in [-0.05, 0) is 43.3 Å². The molecule has 0 saturated carbocycles. The van der Waals surface area contributed by atoms with E-state index in [4.69, 9.17) is 4.98 Å². The van der Waals surface area contributed by atoms with Crippen molar-refractivity contribution < 1.29 is 8.42 Å². The van der Waals surface area contributed by atoms with Gasteiger partial charge < -0.3 is 9.47 Å². The normalized spacial score (nSPS) is 15.1. The number of rotatable bonds is 6. The third-order valence-electron chi connectivity index (χ3n) is 6.44. The van der Waals surface area contributed by atoms with E-state index in [-0.39, 0.29) is 4.90 Å². The molecule has 0 radical (unpaired) electrons. The van der Waals surface area contributed by atoms with Gasteiger partial charge in [-0.15, -0.1) is 0 Å². The molecule has 7 nitrogen and oxygen atoms in total. The van der Waals surface area contributed by atoms with E-state index in [0.717, 1.165) is 60.8 Å². The van der Waals surface area contributed by atoms with Gasteiger partial charge in [0.1, 0.15) is 5.82 Å². The maximum Gasteiger partial charge on any atom is 0.261 e. The van der Waals surface area contributed by atoms with Crippen molar-refractivity contribution in [3.8, 4) is 0 Å². The highest BCUT2D eigenvalue weighted by atomic mass is 32.2. The SMILES string of the molecule is Cc1ccc(S(=O)(=O)Nc2ccccc2N2CCN(Cc3nc4ccccc4n3C)CC2)cc1. The average molecular weight is 476 g/mol. The number of nitrogens with zero attached hydrogens (tertiary/aromatic N) is 4. The molecular weight excluding hydrogens is 446 g/mol. The quantitative estimate of drug-likeness (QED) is 0.456. The molecule has 0 unspecified atom stereocenters. The van der Waals surface area contributed by atoms with E-state index in [2.05, 4.69) is 32.2 Å². The maximum absolute atomic E-state index is 13.0. The molecule has 1 N–H and O–H groups in total. The standard InChI is InChI=1S/C26H29N5O2S/c1-20-11-13-21(14-12-20)34(32,33)28-23-8-4-6-10-25(23)31-17-15-30(16-18-31)19-26-27-22-7-3-5-9-24(22)29(26)2/h3-14,28H,15-19H2,1-2H3. The van der Waals surface area contributed by atoms with Gasteiger partial charge in [0, 0.05) is 33.2 Å². The third-order valence-corrected chi connectivity index (χ3v) is 7.82. The number of hydrogen-bond acceptors (Lipinski definition) is 5. The first kappa shape index (κ1) is 22.4. The summed E-state index contributed by atoms with van der Waals surface area (Å²) >= 11 is 0. The van der Waals surface area contributed by atoms with Crippen LogP contribution in [-0.2, 0) is 23.6 Å². The van der Waals surface area contributed by atoms with Crippen LogP contribution in [0.25, 0.3) is 11.0 Å². The summed E-state index contributed by atoms with van der Waals surface area (Å²) in [4.78, 5) is 9.72. The molecule has 0 bridgehead atoms. The molecule has 1 fully saturated rings. The molecule has 1 aliphatic rings. The van der Waals surface area contributed by atoms with Crippen molar-refractivity contribution in [2.24, 2.45) is 7.05 Å². The zero-order valence-electron chi connectivity index (χ0n) is 19.5. The summed E-state index contributed by atoms with van der Waals surface area (Å²) in [6.45, 7) is 6.11. The number of benzene rings is 3. The molecule has 1 saturated heterocycles. The Labute approximate surface area is 200 Å². The summed E-state index contributed by atoms with van der Waals surface area (Å²) in [5, 5.41) is 0. The lowest BCUT2D eigenvalue weighted by molar-refractivity contribution is 0.242. The summed E-state index contributed by atoms with van der Waals surface area (Å²) in [6, 6.07) is 22.7. The fourth-order valence-corrected chi connectivity index (χ4v) is 5.51. The van der Waals surface area contributed by atoms with Gasteiger partial charge in [-0.25, -0.2) is 13.4 Å². The molecular formula is C26H29N5O2S. The zero-order chi connectivity index (χ0) is 23.7. The smallest absolute Gasteiger partial charge is 0.261 e. The molecule has 0 amide bonds. The van der Waals surface area contributed by atoms with Crippen molar-refractivity contribution in [3.63, 3.8) is 0 Å². The number of para-hydroxylation sites is 4. The topological polar surface area (TPSA) is 70.5 Å². The summed E-state index contributed by atoms with van der Waals surface area (Å²) in [7, 11) is -1.59. The van der Waals surface area contributed by atoms with Crippen LogP contribution in [-0.4, -0.2) is 49.0 Å². The zero-order valence-corrected chi connectivity index (χ0v) is 20.3. The van der Waals surface area contributed by atoms with Gasteiger partial charge in [0.25, 0.3) is 10.0 Å². The number of aryl methyl sites for hydroxylation is 2. The van der Waals surface area contributed by atoms with E-state index in [1.54, 1.807) is 12.1 Å². The van der Waals surface area contributed by atoms with E-state index in [9.17, 15) is 8.42 Å². The molecule has 1 aromatic heterocycles.